The standard InChI is InChI=1S/C27H30N4O7/c1-5-12-37-20-9-7-8-18(13-20)15-28-31-23(32)16-38-21-11-10-19(14-22(21)35-4)25-24(26(33)36-6-2)17(3)29-27(34)30-25/h5,7-11,13-15,25H,1,6,12,16H2,2-4H3,(H,31,32)(H2,29,30,34)/b28-15+/t25-/m1/s1. The number of carbonyl (C=O) groups is 3. The van der Waals surface area contributed by atoms with Crippen LogP contribution >= 0.6 is 0 Å². The number of esters is 1. The number of nitrogens with zero attached hydrogens (tertiary/aromatic N) is 1. The van der Waals surface area contributed by atoms with Gasteiger partial charge >= 0.3 is 12.0 Å². The van der Waals surface area contributed by atoms with Gasteiger partial charge in [0.2, 0.25) is 0 Å². The number of rotatable bonds is 12. The minimum atomic E-state index is -0.760. The van der Waals surface area contributed by atoms with Crippen LogP contribution in [0.4, 0.5) is 4.79 Å². The summed E-state index contributed by atoms with van der Waals surface area (Å²) in [6.45, 7) is 7.18. The molecule has 0 fully saturated rings. The van der Waals surface area contributed by atoms with E-state index in [1.54, 1.807) is 50.3 Å². The average molecular weight is 523 g/mol. The van der Waals surface area contributed by atoms with Crippen molar-refractivity contribution < 1.29 is 33.3 Å². The summed E-state index contributed by atoms with van der Waals surface area (Å²) in [5.41, 5.74) is 4.38. The van der Waals surface area contributed by atoms with Gasteiger partial charge in [0.25, 0.3) is 5.91 Å². The second-order valence-corrected chi connectivity index (χ2v) is 7.95. The first-order valence-corrected chi connectivity index (χ1v) is 11.8. The third-order valence-corrected chi connectivity index (χ3v) is 5.27. The number of methoxy groups -OCH3 is 1. The molecular formula is C27H30N4O7. The van der Waals surface area contributed by atoms with Crippen LogP contribution in [-0.4, -0.2) is 51.1 Å². The highest BCUT2D eigenvalue weighted by atomic mass is 16.5. The molecule has 0 unspecified atom stereocenters. The van der Waals surface area contributed by atoms with E-state index in [4.69, 9.17) is 18.9 Å². The number of allylic oxidation sites excluding steroid dienone is 1. The van der Waals surface area contributed by atoms with Crippen molar-refractivity contribution >= 4 is 24.1 Å². The molecule has 1 atom stereocenters. The highest BCUT2D eigenvalue weighted by Crippen LogP contribution is 2.34. The molecule has 1 heterocycles. The molecule has 3 N–H and O–H groups in total. The molecule has 0 aliphatic carbocycles. The fraction of sp³-hybridized carbons (Fsp3) is 0.259. The molecule has 2 aromatic rings. The van der Waals surface area contributed by atoms with Crippen LogP contribution < -0.4 is 30.3 Å². The summed E-state index contributed by atoms with van der Waals surface area (Å²) in [6, 6.07) is 10.9. The zero-order valence-corrected chi connectivity index (χ0v) is 21.4. The first kappa shape index (κ1) is 27.8. The van der Waals surface area contributed by atoms with Gasteiger partial charge in [-0.25, -0.2) is 15.0 Å². The largest absolute Gasteiger partial charge is 0.493 e. The number of amides is 3. The Labute approximate surface area is 220 Å². The highest BCUT2D eigenvalue weighted by Gasteiger charge is 2.32. The lowest BCUT2D eigenvalue weighted by Gasteiger charge is -2.28. The molecular weight excluding hydrogens is 492 g/mol. The van der Waals surface area contributed by atoms with Crippen molar-refractivity contribution in [2.24, 2.45) is 5.10 Å². The van der Waals surface area contributed by atoms with Crippen LogP contribution in [0.1, 0.15) is 31.0 Å². The van der Waals surface area contributed by atoms with Gasteiger partial charge in [0.1, 0.15) is 12.4 Å². The normalized spacial score (nSPS) is 14.8. The van der Waals surface area contributed by atoms with Crippen LogP contribution in [0.15, 0.2) is 71.5 Å². The Morgan fingerprint density at radius 2 is 1.97 bits per heavy atom. The molecule has 1 aliphatic rings. The van der Waals surface area contributed by atoms with Crippen molar-refractivity contribution in [3.05, 3.63) is 77.5 Å². The minimum absolute atomic E-state index is 0.190. The molecule has 0 spiro atoms. The number of hydrogen-bond donors (Lipinski definition) is 3. The topological polar surface area (TPSA) is 137 Å². The first-order chi connectivity index (χ1) is 18.4. The molecule has 0 bridgehead atoms. The SMILES string of the molecule is C=CCOc1cccc(/C=N/NC(=O)COc2ccc([C@H]3NC(=O)NC(C)=C3C(=O)OCC)cc2OC)c1. The maximum absolute atomic E-state index is 12.5. The van der Waals surface area contributed by atoms with E-state index in [2.05, 4.69) is 27.7 Å². The van der Waals surface area contributed by atoms with E-state index in [9.17, 15) is 14.4 Å². The summed E-state index contributed by atoms with van der Waals surface area (Å²) in [7, 11) is 1.44. The van der Waals surface area contributed by atoms with E-state index in [1.165, 1.54) is 13.3 Å². The van der Waals surface area contributed by atoms with Gasteiger partial charge in [-0.15, -0.1) is 0 Å². The summed E-state index contributed by atoms with van der Waals surface area (Å²) in [5.74, 6) is 0.225. The number of benzene rings is 2. The Hall–Kier alpha value is -4.80. The molecule has 11 heteroatoms. The van der Waals surface area contributed by atoms with Crippen LogP contribution in [0.5, 0.6) is 17.2 Å². The second-order valence-electron chi connectivity index (χ2n) is 7.95. The lowest BCUT2D eigenvalue weighted by Crippen LogP contribution is -2.45. The Bertz CT molecular complexity index is 1260. The number of hydrogen-bond acceptors (Lipinski definition) is 8. The summed E-state index contributed by atoms with van der Waals surface area (Å²) in [5, 5.41) is 9.25. The van der Waals surface area contributed by atoms with Crippen LogP contribution in [0.25, 0.3) is 0 Å². The molecule has 0 aromatic heterocycles. The van der Waals surface area contributed by atoms with E-state index in [0.29, 0.717) is 35.1 Å². The summed E-state index contributed by atoms with van der Waals surface area (Å²) in [6.07, 6.45) is 3.13. The number of ether oxygens (including phenoxy) is 4. The maximum atomic E-state index is 12.5. The molecule has 11 nitrogen and oxygen atoms in total. The number of carbonyl (C=O) groups excluding carboxylic acids is 3. The lowest BCUT2D eigenvalue weighted by atomic mass is 9.95. The Kier molecular flexibility index (Phi) is 9.86. The number of nitrogens with one attached hydrogen (secondary N) is 3. The monoisotopic (exact) mass is 522 g/mol. The van der Waals surface area contributed by atoms with Crippen LogP contribution in [0.3, 0.4) is 0 Å². The van der Waals surface area contributed by atoms with Gasteiger partial charge in [0.15, 0.2) is 18.1 Å². The molecule has 38 heavy (non-hydrogen) atoms. The average Bonchev–Trinajstić information content (AvgIpc) is 2.90. The third-order valence-electron chi connectivity index (χ3n) is 5.27. The van der Waals surface area contributed by atoms with Crippen molar-refractivity contribution in [1.29, 1.82) is 0 Å². The predicted octanol–water partition coefficient (Wildman–Crippen LogP) is 2.98. The van der Waals surface area contributed by atoms with Crippen molar-refractivity contribution in [1.82, 2.24) is 16.1 Å². The van der Waals surface area contributed by atoms with Crippen molar-refractivity contribution in [3.8, 4) is 17.2 Å². The summed E-state index contributed by atoms with van der Waals surface area (Å²) in [4.78, 5) is 36.9. The van der Waals surface area contributed by atoms with Crippen LogP contribution in [0.2, 0.25) is 0 Å². The van der Waals surface area contributed by atoms with Crippen molar-refractivity contribution in [2.75, 3.05) is 26.9 Å². The number of hydrazone groups is 1. The third kappa shape index (κ3) is 7.36. The fourth-order valence-corrected chi connectivity index (χ4v) is 3.60. The van der Waals surface area contributed by atoms with Gasteiger partial charge in [0.05, 0.1) is 31.5 Å². The molecule has 0 radical (unpaired) electrons. The Balaban J connectivity index is 1.65. The lowest BCUT2D eigenvalue weighted by molar-refractivity contribution is -0.139. The van der Waals surface area contributed by atoms with E-state index in [-0.39, 0.29) is 18.8 Å². The summed E-state index contributed by atoms with van der Waals surface area (Å²) >= 11 is 0. The molecule has 2 aromatic carbocycles. The van der Waals surface area contributed by atoms with E-state index in [0.717, 1.165) is 5.56 Å². The Morgan fingerprint density at radius 1 is 1.16 bits per heavy atom. The van der Waals surface area contributed by atoms with E-state index >= 15 is 0 Å². The van der Waals surface area contributed by atoms with Gasteiger partial charge in [-0.1, -0.05) is 30.9 Å². The van der Waals surface area contributed by atoms with Crippen molar-refractivity contribution in [3.63, 3.8) is 0 Å². The van der Waals surface area contributed by atoms with E-state index < -0.39 is 23.9 Å². The van der Waals surface area contributed by atoms with Gasteiger partial charge in [0, 0.05) is 5.70 Å². The molecule has 3 rings (SSSR count). The predicted molar refractivity (Wildman–Crippen MR) is 140 cm³/mol. The smallest absolute Gasteiger partial charge is 0.338 e. The summed E-state index contributed by atoms with van der Waals surface area (Å²) < 4.78 is 21.7. The number of urea groups is 1. The van der Waals surface area contributed by atoms with E-state index in [1.807, 2.05) is 12.1 Å². The zero-order chi connectivity index (χ0) is 27.5. The van der Waals surface area contributed by atoms with Gasteiger partial charge < -0.3 is 29.6 Å². The van der Waals surface area contributed by atoms with Crippen molar-refractivity contribution in [2.45, 2.75) is 19.9 Å². The molecule has 3 amide bonds. The molecule has 0 saturated heterocycles. The zero-order valence-electron chi connectivity index (χ0n) is 21.4. The minimum Gasteiger partial charge on any atom is -0.493 e. The fourth-order valence-electron chi connectivity index (χ4n) is 3.60. The molecule has 200 valence electrons. The van der Waals surface area contributed by atoms with Crippen LogP contribution in [-0.2, 0) is 14.3 Å². The Morgan fingerprint density at radius 3 is 2.71 bits per heavy atom. The molecule has 0 saturated carbocycles. The highest BCUT2D eigenvalue weighted by molar-refractivity contribution is 5.95. The van der Waals surface area contributed by atoms with Gasteiger partial charge in [-0.05, 0) is 49.2 Å². The second kappa shape index (κ2) is 13.5. The first-order valence-electron chi connectivity index (χ1n) is 11.8. The maximum Gasteiger partial charge on any atom is 0.338 e. The van der Waals surface area contributed by atoms with Crippen LogP contribution in [0, 0.1) is 0 Å². The molecule has 1 aliphatic heterocycles. The van der Waals surface area contributed by atoms with Gasteiger partial charge in [-0.3, -0.25) is 4.79 Å². The quantitative estimate of drug-likeness (QED) is 0.169. The van der Waals surface area contributed by atoms with Gasteiger partial charge in [-0.2, -0.15) is 5.10 Å².